The molecule has 0 spiro atoms. The minimum atomic E-state index is -0.193. The lowest BCUT2D eigenvalue weighted by Crippen LogP contribution is -2.15. The fourth-order valence-electron chi connectivity index (χ4n) is 2.65. The molecule has 1 amide bonds. The Bertz CT molecular complexity index is 896. The zero-order valence-electron chi connectivity index (χ0n) is 15.8. The summed E-state index contributed by atoms with van der Waals surface area (Å²) in [7, 11) is 1.62. The zero-order chi connectivity index (χ0) is 19.6. The Morgan fingerprint density at radius 1 is 0.821 bits per heavy atom. The summed E-state index contributed by atoms with van der Waals surface area (Å²) in [6.07, 6.45) is 0. The highest BCUT2D eigenvalue weighted by molar-refractivity contribution is 6.05. The Morgan fingerprint density at radius 2 is 1.57 bits per heavy atom. The Morgan fingerprint density at radius 3 is 2.39 bits per heavy atom. The summed E-state index contributed by atoms with van der Waals surface area (Å²) >= 11 is 0. The minimum absolute atomic E-state index is 0.193. The van der Waals surface area contributed by atoms with Crippen molar-refractivity contribution in [1.82, 2.24) is 0 Å². The highest BCUT2D eigenvalue weighted by Crippen LogP contribution is 2.20. The van der Waals surface area contributed by atoms with E-state index in [1.807, 2.05) is 66.7 Å². The summed E-state index contributed by atoms with van der Waals surface area (Å²) in [6.45, 7) is 1.27. The van der Waals surface area contributed by atoms with E-state index in [0.29, 0.717) is 36.8 Å². The van der Waals surface area contributed by atoms with Crippen LogP contribution in [0.25, 0.3) is 0 Å². The molecule has 0 heterocycles. The number of amides is 1. The molecule has 0 aliphatic heterocycles. The van der Waals surface area contributed by atoms with Gasteiger partial charge in [-0.15, -0.1) is 0 Å². The summed E-state index contributed by atoms with van der Waals surface area (Å²) in [5.74, 6) is 1.25. The number of nitrogens with one attached hydrogen (secondary N) is 1. The van der Waals surface area contributed by atoms with E-state index in [4.69, 9.17) is 14.2 Å². The third-order valence-electron chi connectivity index (χ3n) is 4.05. The van der Waals surface area contributed by atoms with Crippen LogP contribution in [0.3, 0.4) is 0 Å². The molecule has 0 bridgehead atoms. The first-order chi connectivity index (χ1) is 13.8. The first kappa shape index (κ1) is 19.5. The van der Waals surface area contributed by atoms with Crippen LogP contribution in [0, 0.1) is 0 Å². The van der Waals surface area contributed by atoms with Gasteiger partial charge >= 0.3 is 0 Å². The number of benzene rings is 3. The van der Waals surface area contributed by atoms with Crippen molar-refractivity contribution in [2.45, 2.75) is 6.61 Å². The van der Waals surface area contributed by atoms with E-state index in [-0.39, 0.29) is 5.91 Å². The van der Waals surface area contributed by atoms with Gasteiger partial charge in [-0.2, -0.15) is 0 Å². The zero-order valence-corrected chi connectivity index (χ0v) is 15.8. The van der Waals surface area contributed by atoms with Gasteiger partial charge in [0.1, 0.15) is 24.7 Å². The number of ether oxygens (including phenoxy) is 3. The predicted molar refractivity (Wildman–Crippen MR) is 109 cm³/mol. The Labute approximate surface area is 164 Å². The van der Waals surface area contributed by atoms with Crippen LogP contribution in [-0.4, -0.2) is 26.2 Å². The molecule has 0 saturated heterocycles. The van der Waals surface area contributed by atoms with E-state index in [1.165, 1.54) is 0 Å². The van der Waals surface area contributed by atoms with Gasteiger partial charge in [0, 0.05) is 30.0 Å². The van der Waals surface area contributed by atoms with Crippen LogP contribution in [0.2, 0.25) is 0 Å². The maximum absolute atomic E-state index is 12.8. The van der Waals surface area contributed by atoms with Crippen LogP contribution < -0.4 is 14.8 Å². The van der Waals surface area contributed by atoms with E-state index in [2.05, 4.69) is 5.32 Å². The normalized spacial score (nSPS) is 10.3. The SMILES string of the molecule is COCCOc1cccc(NC(=O)c2ccccc2COc2ccccc2)c1. The van der Waals surface area contributed by atoms with Gasteiger partial charge < -0.3 is 19.5 Å². The van der Waals surface area contributed by atoms with Gasteiger partial charge in [-0.05, 0) is 30.3 Å². The van der Waals surface area contributed by atoms with Crippen molar-refractivity contribution in [3.63, 3.8) is 0 Å². The quantitative estimate of drug-likeness (QED) is 0.556. The number of methoxy groups -OCH3 is 1. The van der Waals surface area contributed by atoms with E-state index in [0.717, 1.165) is 11.3 Å². The molecule has 1 N–H and O–H groups in total. The molecule has 0 fully saturated rings. The van der Waals surface area contributed by atoms with E-state index >= 15 is 0 Å². The van der Waals surface area contributed by atoms with E-state index < -0.39 is 0 Å². The maximum atomic E-state index is 12.8. The van der Waals surface area contributed by atoms with Crippen molar-refractivity contribution < 1.29 is 19.0 Å². The van der Waals surface area contributed by atoms with Gasteiger partial charge in [-0.3, -0.25) is 4.79 Å². The second kappa shape index (κ2) is 10.1. The van der Waals surface area contributed by atoms with Gasteiger partial charge in [0.15, 0.2) is 0 Å². The number of para-hydroxylation sites is 1. The van der Waals surface area contributed by atoms with Gasteiger partial charge in [-0.25, -0.2) is 0 Å². The number of rotatable bonds is 9. The van der Waals surface area contributed by atoms with Crippen LogP contribution in [0.15, 0.2) is 78.9 Å². The molecule has 0 aliphatic carbocycles. The Balaban J connectivity index is 1.67. The molecule has 3 aromatic carbocycles. The summed E-state index contributed by atoms with van der Waals surface area (Å²) in [6, 6.07) is 24.2. The fraction of sp³-hybridized carbons (Fsp3) is 0.174. The largest absolute Gasteiger partial charge is 0.491 e. The molecule has 3 aromatic rings. The second-order valence-corrected chi connectivity index (χ2v) is 6.08. The lowest BCUT2D eigenvalue weighted by Gasteiger charge is -2.12. The van der Waals surface area contributed by atoms with Crippen molar-refractivity contribution in [1.29, 1.82) is 0 Å². The molecule has 0 aliphatic rings. The van der Waals surface area contributed by atoms with Gasteiger partial charge in [0.25, 0.3) is 5.91 Å². The first-order valence-corrected chi connectivity index (χ1v) is 9.05. The molecule has 3 rings (SSSR count). The maximum Gasteiger partial charge on any atom is 0.256 e. The first-order valence-electron chi connectivity index (χ1n) is 9.05. The summed E-state index contributed by atoms with van der Waals surface area (Å²) in [4.78, 5) is 12.8. The molecule has 5 nitrogen and oxygen atoms in total. The number of anilines is 1. The third-order valence-corrected chi connectivity index (χ3v) is 4.05. The second-order valence-electron chi connectivity index (χ2n) is 6.08. The molecule has 144 valence electrons. The summed E-state index contributed by atoms with van der Waals surface area (Å²) in [5, 5.41) is 2.92. The molecule has 0 atom stereocenters. The highest BCUT2D eigenvalue weighted by atomic mass is 16.5. The van der Waals surface area contributed by atoms with Crippen LogP contribution >= 0.6 is 0 Å². The molecule has 0 aromatic heterocycles. The lowest BCUT2D eigenvalue weighted by atomic mass is 10.1. The van der Waals surface area contributed by atoms with Crippen molar-refractivity contribution in [3.8, 4) is 11.5 Å². The van der Waals surface area contributed by atoms with Crippen molar-refractivity contribution in [2.24, 2.45) is 0 Å². The molecule has 0 radical (unpaired) electrons. The number of hydrogen-bond acceptors (Lipinski definition) is 4. The smallest absolute Gasteiger partial charge is 0.256 e. The number of hydrogen-bond donors (Lipinski definition) is 1. The third kappa shape index (κ3) is 5.59. The van der Waals surface area contributed by atoms with Crippen molar-refractivity contribution >= 4 is 11.6 Å². The Hall–Kier alpha value is -3.31. The minimum Gasteiger partial charge on any atom is -0.491 e. The van der Waals surface area contributed by atoms with Crippen LogP contribution in [0.1, 0.15) is 15.9 Å². The van der Waals surface area contributed by atoms with E-state index in [1.54, 1.807) is 19.2 Å². The lowest BCUT2D eigenvalue weighted by molar-refractivity contribution is 0.102. The van der Waals surface area contributed by atoms with Crippen LogP contribution in [-0.2, 0) is 11.3 Å². The van der Waals surface area contributed by atoms with Gasteiger partial charge in [0.2, 0.25) is 0 Å². The average molecular weight is 377 g/mol. The molecule has 0 unspecified atom stereocenters. The molecular formula is C23H23NO4. The van der Waals surface area contributed by atoms with Gasteiger partial charge in [0.05, 0.1) is 6.61 Å². The monoisotopic (exact) mass is 377 g/mol. The fourth-order valence-corrected chi connectivity index (χ4v) is 2.65. The average Bonchev–Trinajstić information content (AvgIpc) is 2.74. The molecular weight excluding hydrogens is 354 g/mol. The highest BCUT2D eigenvalue weighted by Gasteiger charge is 2.12. The topological polar surface area (TPSA) is 56.8 Å². The standard InChI is InChI=1S/C23H23NO4/c1-26-14-15-27-21-12-7-9-19(16-21)24-23(25)22-13-6-5-8-18(22)17-28-20-10-3-2-4-11-20/h2-13,16H,14-15,17H2,1H3,(H,24,25). The van der Waals surface area contributed by atoms with E-state index in [9.17, 15) is 4.79 Å². The predicted octanol–water partition coefficient (Wildman–Crippen LogP) is 4.54. The number of carbonyl (C=O) groups is 1. The molecule has 5 heteroatoms. The molecule has 28 heavy (non-hydrogen) atoms. The van der Waals surface area contributed by atoms with Gasteiger partial charge in [-0.1, -0.05) is 42.5 Å². The van der Waals surface area contributed by atoms with Crippen LogP contribution in [0.5, 0.6) is 11.5 Å². The number of carbonyl (C=O) groups excluding carboxylic acids is 1. The Kier molecular flexibility index (Phi) is 7.04. The molecule has 0 saturated carbocycles. The van der Waals surface area contributed by atoms with Crippen molar-refractivity contribution in [2.75, 3.05) is 25.6 Å². The summed E-state index contributed by atoms with van der Waals surface area (Å²) < 4.78 is 16.4. The van der Waals surface area contributed by atoms with Crippen LogP contribution in [0.4, 0.5) is 5.69 Å². The summed E-state index contributed by atoms with van der Waals surface area (Å²) in [5.41, 5.74) is 2.05. The van der Waals surface area contributed by atoms with Crippen molar-refractivity contribution in [3.05, 3.63) is 90.0 Å².